The lowest BCUT2D eigenvalue weighted by Gasteiger charge is -2.21. The number of nitriles is 1. The molecule has 138 valence electrons. The highest BCUT2D eigenvalue weighted by molar-refractivity contribution is 5.72. The zero-order valence-corrected chi connectivity index (χ0v) is 16.3. The number of benzene rings is 2. The van der Waals surface area contributed by atoms with Crippen molar-refractivity contribution in [2.24, 2.45) is 0 Å². The number of hydrogen-bond acceptors (Lipinski definition) is 3. The Bertz CT molecular complexity index is 918. The number of allylic oxidation sites excluding steroid dienone is 3. The summed E-state index contributed by atoms with van der Waals surface area (Å²) in [5.74, 6) is 0.817. The standard InChI is InChI=1S/C24H26N2O/c1-17-7-10-21(11-8-17)18(2)26-16-20-9-12-24(27-3)23(14-20)22-6-4-5-19(13-22)15-25/h4-7,9-10,12-14,18,26H,8,11,16H2,1-3H3/t18-/m1/s1. The number of nitrogens with zero attached hydrogens (tertiary/aromatic N) is 1. The van der Waals surface area contributed by atoms with Gasteiger partial charge in [0, 0.05) is 18.2 Å². The van der Waals surface area contributed by atoms with Gasteiger partial charge in [0.2, 0.25) is 0 Å². The van der Waals surface area contributed by atoms with E-state index in [2.05, 4.69) is 49.5 Å². The number of methoxy groups -OCH3 is 1. The molecule has 3 heteroatoms. The molecule has 0 aromatic heterocycles. The van der Waals surface area contributed by atoms with Gasteiger partial charge in [0.25, 0.3) is 0 Å². The Hall–Kier alpha value is -2.83. The Morgan fingerprint density at radius 3 is 2.70 bits per heavy atom. The molecular weight excluding hydrogens is 332 g/mol. The lowest BCUT2D eigenvalue weighted by atomic mass is 9.94. The molecule has 1 aliphatic carbocycles. The maximum absolute atomic E-state index is 9.17. The zero-order chi connectivity index (χ0) is 19.2. The molecule has 0 radical (unpaired) electrons. The lowest BCUT2D eigenvalue weighted by molar-refractivity contribution is 0.416. The van der Waals surface area contributed by atoms with Crippen LogP contribution in [0.25, 0.3) is 11.1 Å². The largest absolute Gasteiger partial charge is 0.496 e. The number of nitrogens with one attached hydrogen (secondary N) is 1. The normalized spacial score (nSPS) is 14.7. The number of rotatable bonds is 6. The van der Waals surface area contributed by atoms with Gasteiger partial charge in [-0.25, -0.2) is 0 Å². The molecule has 2 aromatic carbocycles. The molecule has 1 atom stereocenters. The first-order chi connectivity index (χ1) is 13.1. The summed E-state index contributed by atoms with van der Waals surface area (Å²) in [7, 11) is 1.68. The van der Waals surface area contributed by atoms with E-state index in [0.717, 1.165) is 36.3 Å². The first kappa shape index (κ1) is 18.9. The van der Waals surface area contributed by atoms with E-state index in [1.165, 1.54) is 16.7 Å². The lowest BCUT2D eigenvalue weighted by Crippen LogP contribution is -2.28. The Morgan fingerprint density at radius 1 is 1.15 bits per heavy atom. The smallest absolute Gasteiger partial charge is 0.126 e. The second-order valence-corrected chi connectivity index (χ2v) is 7.08. The maximum Gasteiger partial charge on any atom is 0.126 e. The van der Waals surface area contributed by atoms with Gasteiger partial charge in [0.05, 0.1) is 18.7 Å². The number of hydrogen-bond donors (Lipinski definition) is 1. The van der Waals surface area contributed by atoms with E-state index in [0.29, 0.717) is 11.6 Å². The van der Waals surface area contributed by atoms with E-state index in [9.17, 15) is 5.26 Å². The summed E-state index contributed by atoms with van der Waals surface area (Å²) in [6.07, 6.45) is 6.76. The minimum Gasteiger partial charge on any atom is -0.496 e. The van der Waals surface area contributed by atoms with Gasteiger partial charge in [0.15, 0.2) is 0 Å². The fourth-order valence-electron chi connectivity index (χ4n) is 3.37. The third kappa shape index (κ3) is 4.67. The van der Waals surface area contributed by atoms with Gasteiger partial charge < -0.3 is 10.1 Å². The van der Waals surface area contributed by atoms with Crippen LogP contribution in [0.1, 0.15) is 37.8 Å². The van der Waals surface area contributed by atoms with Gasteiger partial charge in [-0.3, -0.25) is 0 Å². The van der Waals surface area contributed by atoms with Crippen LogP contribution in [0.15, 0.2) is 65.8 Å². The van der Waals surface area contributed by atoms with Crippen molar-refractivity contribution in [3.63, 3.8) is 0 Å². The molecule has 0 unspecified atom stereocenters. The van der Waals surface area contributed by atoms with E-state index in [1.807, 2.05) is 30.3 Å². The second kappa shape index (κ2) is 8.70. The van der Waals surface area contributed by atoms with Gasteiger partial charge >= 0.3 is 0 Å². The predicted molar refractivity (Wildman–Crippen MR) is 111 cm³/mol. The fourth-order valence-corrected chi connectivity index (χ4v) is 3.37. The molecular formula is C24H26N2O. The molecule has 0 spiro atoms. The first-order valence-electron chi connectivity index (χ1n) is 9.37. The molecule has 0 saturated carbocycles. The SMILES string of the molecule is COc1ccc(CN[C@H](C)C2=CC=C(C)CC2)cc1-c1cccc(C#N)c1. The monoisotopic (exact) mass is 358 g/mol. The van der Waals surface area contributed by atoms with E-state index in [-0.39, 0.29) is 0 Å². The van der Waals surface area contributed by atoms with E-state index in [4.69, 9.17) is 4.74 Å². The Labute approximate surface area is 162 Å². The summed E-state index contributed by atoms with van der Waals surface area (Å²) < 4.78 is 5.54. The molecule has 0 heterocycles. The summed E-state index contributed by atoms with van der Waals surface area (Å²) in [5.41, 5.74) is 6.76. The topological polar surface area (TPSA) is 45.0 Å². The molecule has 1 aliphatic rings. The molecule has 0 bridgehead atoms. The van der Waals surface area contributed by atoms with Crippen molar-refractivity contribution in [3.8, 4) is 22.9 Å². The second-order valence-electron chi connectivity index (χ2n) is 7.08. The van der Waals surface area contributed by atoms with Crippen molar-refractivity contribution in [1.82, 2.24) is 5.32 Å². The third-order valence-electron chi connectivity index (χ3n) is 5.13. The average Bonchev–Trinajstić information content (AvgIpc) is 2.72. The van der Waals surface area contributed by atoms with Gasteiger partial charge in [-0.05, 0) is 62.1 Å². The molecule has 3 nitrogen and oxygen atoms in total. The molecule has 27 heavy (non-hydrogen) atoms. The Kier molecular flexibility index (Phi) is 6.11. The van der Waals surface area contributed by atoms with Crippen LogP contribution in [0, 0.1) is 11.3 Å². The molecule has 2 aromatic rings. The van der Waals surface area contributed by atoms with Crippen molar-refractivity contribution in [2.45, 2.75) is 39.3 Å². The van der Waals surface area contributed by atoms with Crippen LogP contribution in [-0.4, -0.2) is 13.2 Å². The van der Waals surface area contributed by atoms with Crippen LogP contribution < -0.4 is 10.1 Å². The van der Waals surface area contributed by atoms with E-state index < -0.39 is 0 Å². The highest BCUT2D eigenvalue weighted by atomic mass is 16.5. The minimum absolute atomic E-state index is 0.349. The summed E-state index contributed by atoms with van der Waals surface area (Å²) in [6.45, 7) is 5.20. The van der Waals surface area contributed by atoms with Gasteiger partial charge in [-0.15, -0.1) is 0 Å². The molecule has 3 rings (SSSR count). The van der Waals surface area contributed by atoms with Crippen molar-refractivity contribution >= 4 is 0 Å². The fraction of sp³-hybridized carbons (Fsp3) is 0.292. The summed E-state index contributed by atoms with van der Waals surface area (Å²) in [5, 5.41) is 12.8. The number of ether oxygens (including phenoxy) is 1. The highest BCUT2D eigenvalue weighted by Gasteiger charge is 2.12. The van der Waals surface area contributed by atoms with Crippen LogP contribution in [0.4, 0.5) is 0 Å². The average molecular weight is 358 g/mol. The van der Waals surface area contributed by atoms with Crippen molar-refractivity contribution < 1.29 is 4.74 Å². The highest BCUT2D eigenvalue weighted by Crippen LogP contribution is 2.31. The molecule has 0 aliphatic heterocycles. The van der Waals surface area contributed by atoms with Crippen LogP contribution >= 0.6 is 0 Å². The third-order valence-corrected chi connectivity index (χ3v) is 5.13. The van der Waals surface area contributed by atoms with Crippen molar-refractivity contribution in [3.05, 3.63) is 76.9 Å². The van der Waals surface area contributed by atoms with Crippen molar-refractivity contribution in [1.29, 1.82) is 5.26 Å². The Morgan fingerprint density at radius 2 is 2.00 bits per heavy atom. The molecule has 0 fully saturated rings. The maximum atomic E-state index is 9.17. The zero-order valence-electron chi connectivity index (χ0n) is 16.3. The van der Waals surface area contributed by atoms with Gasteiger partial charge in [-0.2, -0.15) is 5.26 Å². The van der Waals surface area contributed by atoms with Crippen LogP contribution in [-0.2, 0) is 6.54 Å². The summed E-state index contributed by atoms with van der Waals surface area (Å²) in [6, 6.07) is 16.4. The summed E-state index contributed by atoms with van der Waals surface area (Å²) >= 11 is 0. The Balaban J connectivity index is 1.78. The van der Waals surface area contributed by atoms with Gasteiger partial charge in [0.1, 0.15) is 5.75 Å². The molecule has 0 saturated heterocycles. The van der Waals surface area contributed by atoms with Crippen LogP contribution in [0.5, 0.6) is 5.75 Å². The first-order valence-corrected chi connectivity index (χ1v) is 9.37. The van der Waals surface area contributed by atoms with Crippen molar-refractivity contribution in [2.75, 3.05) is 7.11 Å². The van der Waals surface area contributed by atoms with E-state index in [1.54, 1.807) is 7.11 Å². The van der Waals surface area contributed by atoms with Crippen LogP contribution in [0.3, 0.4) is 0 Å². The van der Waals surface area contributed by atoms with E-state index >= 15 is 0 Å². The molecule has 1 N–H and O–H groups in total. The minimum atomic E-state index is 0.349. The molecule has 0 amide bonds. The predicted octanol–water partition coefficient (Wildman–Crippen LogP) is 5.38. The quantitative estimate of drug-likeness (QED) is 0.754. The van der Waals surface area contributed by atoms with Crippen LogP contribution in [0.2, 0.25) is 0 Å². The summed E-state index contributed by atoms with van der Waals surface area (Å²) in [4.78, 5) is 0. The van der Waals surface area contributed by atoms with Gasteiger partial charge in [-0.1, -0.05) is 41.5 Å².